The van der Waals surface area contributed by atoms with Gasteiger partial charge in [0, 0.05) is 12.2 Å². The fraction of sp³-hybridized carbons (Fsp3) is 0.533. The Balaban J connectivity index is 1.74. The van der Waals surface area contributed by atoms with Crippen molar-refractivity contribution in [1.82, 2.24) is 4.90 Å². The van der Waals surface area contributed by atoms with E-state index in [2.05, 4.69) is 5.32 Å². The highest BCUT2D eigenvalue weighted by Gasteiger charge is 2.38. The van der Waals surface area contributed by atoms with Gasteiger partial charge in [0.1, 0.15) is 11.6 Å². The number of hydrogen-bond donors (Lipinski definition) is 1. The molecule has 4 nitrogen and oxygen atoms in total. The Morgan fingerprint density at radius 2 is 2.09 bits per heavy atom. The molecule has 0 bridgehead atoms. The number of amides is 2. The van der Waals surface area contributed by atoms with Gasteiger partial charge in [0.05, 0.1) is 23.6 Å². The zero-order chi connectivity index (χ0) is 15.7. The molecule has 0 radical (unpaired) electrons. The van der Waals surface area contributed by atoms with Gasteiger partial charge < -0.3 is 15.0 Å². The average molecular weight is 328 g/mol. The number of rotatable bonds is 2. The zero-order valence-electron chi connectivity index (χ0n) is 12.3. The lowest BCUT2D eigenvalue weighted by atomic mass is 10.1. The van der Waals surface area contributed by atoms with Crippen molar-refractivity contribution in [2.75, 3.05) is 24.7 Å². The zero-order valence-corrected chi connectivity index (χ0v) is 13.1. The van der Waals surface area contributed by atoms with Gasteiger partial charge in [-0.15, -0.1) is 11.8 Å². The van der Waals surface area contributed by atoms with E-state index in [1.165, 1.54) is 0 Å². The van der Waals surface area contributed by atoms with Crippen LogP contribution in [0.1, 0.15) is 19.3 Å². The standard InChI is InChI=1S/C15H18F2N2O2S/c1-22-14-10(16)7-9(8-11(14)17)18-15(20)19-5-6-21-13-4-2-3-12(13)19/h7-8,12-13H,2-6H2,1H3,(H,18,20)/t12-,13-/m0/s1. The molecule has 0 aromatic heterocycles. The Morgan fingerprint density at radius 3 is 2.77 bits per heavy atom. The predicted octanol–water partition coefficient (Wildman–Crippen LogP) is 3.47. The van der Waals surface area contributed by atoms with Crippen molar-refractivity contribution in [3.63, 3.8) is 0 Å². The van der Waals surface area contributed by atoms with Gasteiger partial charge in [0.25, 0.3) is 0 Å². The normalized spacial score (nSPS) is 24.2. The average Bonchev–Trinajstić information content (AvgIpc) is 2.95. The SMILES string of the molecule is CSc1c(F)cc(NC(=O)N2CCO[C@H]3CCC[C@@H]32)cc1F. The summed E-state index contributed by atoms with van der Waals surface area (Å²) >= 11 is 1.00. The first-order valence-corrected chi connectivity index (χ1v) is 8.55. The highest BCUT2D eigenvalue weighted by molar-refractivity contribution is 7.98. The highest BCUT2D eigenvalue weighted by atomic mass is 32.2. The number of nitrogens with zero attached hydrogens (tertiary/aromatic N) is 1. The Kier molecular flexibility index (Phi) is 4.54. The number of benzene rings is 1. The van der Waals surface area contributed by atoms with Gasteiger partial charge >= 0.3 is 6.03 Å². The minimum absolute atomic E-state index is 0.0415. The second-order valence-corrected chi connectivity index (χ2v) is 6.32. The van der Waals surface area contributed by atoms with Crippen LogP contribution in [0.5, 0.6) is 0 Å². The van der Waals surface area contributed by atoms with Crippen LogP contribution < -0.4 is 5.32 Å². The summed E-state index contributed by atoms with van der Waals surface area (Å²) in [6.07, 6.45) is 4.59. The summed E-state index contributed by atoms with van der Waals surface area (Å²) in [5, 5.41) is 2.60. The van der Waals surface area contributed by atoms with Gasteiger partial charge in [-0.1, -0.05) is 0 Å². The summed E-state index contributed by atoms with van der Waals surface area (Å²) in [4.78, 5) is 14.1. The number of hydrogen-bond acceptors (Lipinski definition) is 3. The molecule has 120 valence electrons. The van der Waals surface area contributed by atoms with E-state index < -0.39 is 11.6 Å². The second-order valence-electron chi connectivity index (χ2n) is 5.50. The van der Waals surface area contributed by atoms with Gasteiger partial charge in [-0.25, -0.2) is 13.6 Å². The summed E-state index contributed by atoms with van der Waals surface area (Å²) in [7, 11) is 0. The van der Waals surface area contributed by atoms with Crippen LogP contribution in [0.15, 0.2) is 17.0 Å². The van der Waals surface area contributed by atoms with Crippen molar-refractivity contribution in [2.45, 2.75) is 36.3 Å². The number of morpholine rings is 1. The molecule has 2 atom stereocenters. The van der Waals surface area contributed by atoms with Crippen LogP contribution in [0.3, 0.4) is 0 Å². The third-order valence-electron chi connectivity index (χ3n) is 4.20. The molecule has 1 aromatic rings. The van der Waals surface area contributed by atoms with Crippen LogP contribution in [0, 0.1) is 11.6 Å². The summed E-state index contributed by atoms with van der Waals surface area (Å²) in [6.45, 7) is 1.00. The van der Waals surface area contributed by atoms with E-state index in [0.717, 1.165) is 43.2 Å². The maximum absolute atomic E-state index is 13.8. The molecule has 1 aromatic carbocycles. The second kappa shape index (κ2) is 6.42. The molecule has 22 heavy (non-hydrogen) atoms. The summed E-state index contributed by atoms with van der Waals surface area (Å²) in [5.74, 6) is -1.33. The van der Waals surface area contributed by atoms with Crippen LogP contribution in [0.2, 0.25) is 0 Å². The molecule has 2 aliphatic rings. The molecule has 7 heteroatoms. The lowest BCUT2D eigenvalue weighted by molar-refractivity contribution is -0.0362. The van der Waals surface area contributed by atoms with E-state index in [1.807, 2.05) is 0 Å². The van der Waals surface area contributed by atoms with Crippen LogP contribution in [-0.4, -0.2) is 42.5 Å². The highest BCUT2D eigenvalue weighted by Crippen LogP contribution is 2.31. The van der Waals surface area contributed by atoms with Gasteiger partial charge in [0.15, 0.2) is 0 Å². The van der Waals surface area contributed by atoms with E-state index in [0.29, 0.717) is 13.2 Å². The largest absolute Gasteiger partial charge is 0.374 e. The van der Waals surface area contributed by atoms with Crippen molar-refractivity contribution in [3.8, 4) is 0 Å². The predicted molar refractivity (Wildman–Crippen MR) is 81.2 cm³/mol. The van der Waals surface area contributed by atoms with Gasteiger partial charge in [-0.3, -0.25) is 0 Å². The fourth-order valence-electron chi connectivity index (χ4n) is 3.20. The molecule has 3 rings (SSSR count). The number of thioether (sulfide) groups is 1. The number of ether oxygens (including phenoxy) is 1. The van der Waals surface area contributed by atoms with Crippen molar-refractivity contribution in [3.05, 3.63) is 23.8 Å². The monoisotopic (exact) mass is 328 g/mol. The van der Waals surface area contributed by atoms with E-state index in [4.69, 9.17) is 4.74 Å². The number of fused-ring (bicyclic) bond motifs is 1. The van der Waals surface area contributed by atoms with Crippen LogP contribution in [-0.2, 0) is 4.74 Å². The minimum Gasteiger partial charge on any atom is -0.374 e. The molecule has 1 saturated carbocycles. The Bertz CT molecular complexity index is 562. The third-order valence-corrected chi connectivity index (χ3v) is 4.99. The molecular weight excluding hydrogens is 310 g/mol. The molecule has 2 fully saturated rings. The summed E-state index contributed by atoms with van der Waals surface area (Å²) in [5.41, 5.74) is 0.138. The number of nitrogens with one attached hydrogen (secondary N) is 1. The Labute approximate surface area is 132 Å². The lowest BCUT2D eigenvalue weighted by Crippen LogP contribution is -2.52. The van der Waals surface area contributed by atoms with Crippen molar-refractivity contribution < 1.29 is 18.3 Å². The smallest absolute Gasteiger partial charge is 0.322 e. The molecule has 2 amide bonds. The lowest BCUT2D eigenvalue weighted by Gasteiger charge is -2.37. The van der Waals surface area contributed by atoms with Crippen LogP contribution >= 0.6 is 11.8 Å². The molecule has 1 aliphatic heterocycles. The first-order valence-electron chi connectivity index (χ1n) is 7.32. The Hall–Kier alpha value is -1.34. The molecule has 0 spiro atoms. The first-order chi connectivity index (χ1) is 10.6. The number of carbonyl (C=O) groups is 1. The van der Waals surface area contributed by atoms with Gasteiger partial charge in [-0.2, -0.15) is 0 Å². The molecule has 1 aliphatic carbocycles. The van der Waals surface area contributed by atoms with Crippen molar-refractivity contribution in [1.29, 1.82) is 0 Å². The van der Waals surface area contributed by atoms with Crippen molar-refractivity contribution in [2.24, 2.45) is 0 Å². The topological polar surface area (TPSA) is 41.6 Å². The van der Waals surface area contributed by atoms with Gasteiger partial charge in [0.2, 0.25) is 0 Å². The molecule has 1 N–H and O–H groups in total. The molecular formula is C15H18F2N2O2S. The maximum atomic E-state index is 13.8. The maximum Gasteiger partial charge on any atom is 0.322 e. The molecule has 0 unspecified atom stereocenters. The van der Waals surface area contributed by atoms with E-state index in [1.54, 1.807) is 11.2 Å². The van der Waals surface area contributed by atoms with Gasteiger partial charge in [-0.05, 0) is 37.7 Å². The first kappa shape index (κ1) is 15.6. The number of anilines is 1. The van der Waals surface area contributed by atoms with Crippen LogP contribution in [0.25, 0.3) is 0 Å². The number of halogens is 2. The van der Waals surface area contributed by atoms with E-state index >= 15 is 0 Å². The quantitative estimate of drug-likeness (QED) is 0.845. The number of carbonyl (C=O) groups excluding carboxylic acids is 1. The van der Waals surface area contributed by atoms with Crippen molar-refractivity contribution >= 4 is 23.5 Å². The fourth-order valence-corrected chi connectivity index (χ4v) is 3.71. The minimum atomic E-state index is -0.663. The van der Waals surface area contributed by atoms with Crippen LogP contribution in [0.4, 0.5) is 19.3 Å². The molecule has 1 heterocycles. The molecule has 1 saturated heterocycles. The summed E-state index contributed by atoms with van der Waals surface area (Å²) < 4.78 is 33.2. The summed E-state index contributed by atoms with van der Waals surface area (Å²) in [6, 6.07) is 2.04. The van der Waals surface area contributed by atoms with E-state index in [-0.39, 0.29) is 28.8 Å². The van der Waals surface area contributed by atoms with E-state index in [9.17, 15) is 13.6 Å². The Morgan fingerprint density at radius 1 is 1.36 bits per heavy atom. The number of urea groups is 1. The third kappa shape index (κ3) is 2.92.